The summed E-state index contributed by atoms with van der Waals surface area (Å²) < 4.78 is 31.8. The number of methoxy groups -OCH3 is 1. The predicted molar refractivity (Wildman–Crippen MR) is 42.9 cm³/mol. The minimum Gasteiger partial charge on any atom is -0.467 e. The summed E-state index contributed by atoms with van der Waals surface area (Å²) in [6.07, 6.45) is -0.246. The van der Waals surface area contributed by atoms with Crippen LogP contribution in [-0.2, 0) is 24.1 Å². The third-order valence-corrected chi connectivity index (χ3v) is 4.24. The van der Waals surface area contributed by atoms with E-state index < -0.39 is 27.5 Å². The molecule has 0 N–H and O–H groups in total. The first-order valence-corrected chi connectivity index (χ1v) is 5.77. The van der Waals surface area contributed by atoms with Crippen molar-refractivity contribution in [3.05, 3.63) is 0 Å². The van der Waals surface area contributed by atoms with Crippen molar-refractivity contribution < 1.29 is 22.7 Å². The summed E-state index contributed by atoms with van der Waals surface area (Å²) in [4.78, 5) is 11.0. The molecule has 0 aliphatic carbocycles. The Bertz CT molecular complexity index is 346. The molecule has 0 amide bonds. The summed E-state index contributed by atoms with van der Waals surface area (Å²) >= 11 is 0. The van der Waals surface area contributed by atoms with Crippen LogP contribution in [0.3, 0.4) is 0 Å². The van der Waals surface area contributed by atoms with E-state index in [2.05, 4.69) is 4.74 Å². The van der Waals surface area contributed by atoms with Crippen LogP contribution in [-0.4, -0.2) is 44.7 Å². The van der Waals surface area contributed by atoms with Gasteiger partial charge in [0.1, 0.15) is 5.60 Å². The Hall–Kier alpha value is -0.620. The average molecular weight is 206 g/mol. The Balaban J connectivity index is 2.10. The lowest BCUT2D eigenvalue weighted by molar-refractivity contribution is -0.142. The van der Waals surface area contributed by atoms with Gasteiger partial charge in [-0.25, -0.2) is 13.2 Å². The van der Waals surface area contributed by atoms with Crippen LogP contribution in [0.5, 0.6) is 0 Å². The molecule has 2 saturated heterocycles. The van der Waals surface area contributed by atoms with Crippen molar-refractivity contribution in [1.29, 1.82) is 0 Å². The summed E-state index contributed by atoms with van der Waals surface area (Å²) in [5, 5.41) is 0. The maximum absolute atomic E-state index is 11.1. The van der Waals surface area contributed by atoms with Crippen molar-refractivity contribution in [2.45, 2.75) is 18.1 Å². The van der Waals surface area contributed by atoms with E-state index in [1.54, 1.807) is 0 Å². The smallest absolute Gasteiger partial charge is 0.338 e. The number of epoxide rings is 1. The molecule has 2 fully saturated rings. The van der Waals surface area contributed by atoms with E-state index in [1.807, 2.05) is 0 Å². The summed E-state index contributed by atoms with van der Waals surface area (Å²) in [5.74, 6) is -0.405. The largest absolute Gasteiger partial charge is 0.467 e. The number of hydrogen-bond acceptors (Lipinski definition) is 5. The standard InChI is InChI=1S/C7H10O5S/c1-11-6(8)5-7(12-5)2-3-13(9,10)4-7/h5H,2-4H2,1H3. The lowest BCUT2D eigenvalue weighted by Crippen LogP contribution is -2.23. The van der Waals surface area contributed by atoms with Crippen LogP contribution < -0.4 is 0 Å². The molecule has 0 bridgehead atoms. The normalized spacial score (nSPS) is 40.5. The van der Waals surface area contributed by atoms with Gasteiger partial charge in [0.15, 0.2) is 15.9 Å². The molecule has 0 saturated carbocycles. The zero-order valence-electron chi connectivity index (χ0n) is 7.15. The van der Waals surface area contributed by atoms with Gasteiger partial charge in [-0.05, 0) is 6.42 Å². The van der Waals surface area contributed by atoms with Gasteiger partial charge < -0.3 is 9.47 Å². The molecular formula is C7H10O5S. The van der Waals surface area contributed by atoms with Crippen molar-refractivity contribution in [2.24, 2.45) is 0 Å². The van der Waals surface area contributed by atoms with Gasteiger partial charge >= 0.3 is 5.97 Å². The SMILES string of the molecule is COC(=O)C1OC12CCS(=O)(=O)C2. The summed E-state index contributed by atoms with van der Waals surface area (Å²) in [6, 6.07) is 0. The van der Waals surface area contributed by atoms with Gasteiger partial charge in [-0.3, -0.25) is 0 Å². The van der Waals surface area contributed by atoms with Gasteiger partial charge in [0.25, 0.3) is 0 Å². The van der Waals surface area contributed by atoms with Crippen LogP contribution in [0.15, 0.2) is 0 Å². The lowest BCUT2D eigenvalue weighted by Gasteiger charge is -1.97. The minimum absolute atomic E-state index is 0.0419. The van der Waals surface area contributed by atoms with E-state index in [9.17, 15) is 13.2 Å². The maximum Gasteiger partial charge on any atom is 0.338 e. The molecule has 2 aliphatic heterocycles. The van der Waals surface area contributed by atoms with Gasteiger partial charge in [0.05, 0.1) is 18.6 Å². The second kappa shape index (κ2) is 2.45. The Morgan fingerprint density at radius 2 is 2.31 bits per heavy atom. The zero-order chi connectivity index (χ0) is 9.69. The number of esters is 1. The van der Waals surface area contributed by atoms with Crippen molar-refractivity contribution in [3.63, 3.8) is 0 Å². The molecule has 0 radical (unpaired) electrons. The van der Waals surface area contributed by atoms with Gasteiger partial charge in [-0.2, -0.15) is 0 Å². The first-order valence-electron chi connectivity index (χ1n) is 3.95. The summed E-state index contributed by atoms with van der Waals surface area (Å²) in [5.41, 5.74) is -0.744. The Morgan fingerprint density at radius 1 is 1.62 bits per heavy atom. The highest BCUT2D eigenvalue weighted by Gasteiger charge is 2.66. The fraction of sp³-hybridized carbons (Fsp3) is 0.857. The summed E-state index contributed by atoms with van der Waals surface area (Å²) in [7, 11) is -1.73. The molecule has 2 heterocycles. The molecule has 1 spiro atoms. The van der Waals surface area contributed by atoms with Crippen LogP contribution in [0.2, 0.25) is 0 Å². The van der Waals surface area contributed by atoms with Gasteiger partial charge in [0, 0.05) is 0 Å². The van der Waals surface area contributed by atoms with E-state index in [1.165, 1.54) is 7.11 Å². The fourth-order valence-corrected chi connectivity index (χ4v) is 3.62. The first-order chi connectivity index (χ1) is 5.99. The molecule has 0 aromatic rings. The molecule has 0 aromatic heterocycles. The van der Waals surface area contributed by atoms with E-state index >= 15 is 0 Å². The first kappa shape index (κ1) is 8.96. The van der Waals surface area contributed by atoms with Crippen LogP contribution in [0.1, 0.15) is 6.42 Å². The van der Waals surface area contributed by atoms with Crippen molar-refractivity contribution >= 4 is 15.8 Å². The fourth-order valence-electron chi connectivity index (χ4n) is 1.72. The number of sulfone groups is 1. The number of ether oxygens (including phenoxy) is 2. The maximum atomic E-state index is 11.1. The second-order valence-electron chi connectivity index (χ2n) is 3.43. The lowest BCUT2D eigenvalue weighted by atomic mass is 10.1. The zero-order valence-corrected chi connectivity index (χ0v) is 7.96. The highest BCUT2D eigenvalue weighted by molar-refractivity contribution is 7.91. The van der Waals surface area contributed by atoms with Gasteiger partial charge in [-0.15, -0.1) is 0 Å². The van der Waals surface area contributed by atoms with E-state index in [0.717, 1.165) is 0 Å². The number of carbonyl (C=O) groups excluding carboxylic acids is 1. The van der Waals surface area contributed by atoms with Crippen LogP contribution in [0.25, 0.3) is 0 Å². The highest BCUT2D eigenvalue weighted by Crippen LogP contribution is 2.45. The highest BCUT2D eigenvalue weighted by atomic mass is 32.2. The van der Waals surface area contributed by atoms with E-state index in [4.69, 9.17) is 4.74 Å². The van der Waals surface area contributed by atoms with Crippen molar-refractivity contribution in [3.8, 4) is 0 Å². The Kier molecular flexibility index (Phi) is 1.69. The Morgan fingerprint density at radius 3 is 2.77 bits per heavy atom. The van der Waals surface area contributed by atoms with Crippen LogP contribution in [0, 0.1) is 0 Å². The molecule has 0 aromatic carbocycles. The minimum atomic E-state index is -3.00. The molecule has 5 nitrogen and oxygen atoms in total. The Labute approximate surface area is 75.9 Å². The molecule has 2 rings (SSSR count). The van der Waals surface area contributed by atoms with Crippen LogP contribution in [0.4, 0.5) is 0 Å². The molecule has 2 unspecified atom stereocenters. The predicted octanol–water partition coefficient (Wildman–Crippen LogP) is -0.885. The van der Waals surface area contributed by atoms with Crippen molar-refractivity contribution in [1.82, 2.24) is 0 Å². The monoisotopic (exact) mass is 206 g/mol. The van der Waals surface area contributed by atoms with Crippen molar-refractivity contribution in [2.75, 3.05) is 18.6 Å². The number of carbonyl (C=O) groups is 1. The molecule has 2 atom stereocenters. The van der Waals surface area contributed by atoms with Gasteiger partial charge in [-0.1, -0.05) is 0 Å². The van der Waals surface area contributed by atoms with E-state index in [0.29, 0.717) is 6.42 Å². The number of hydrogen-bond donors (Lipinski definition) is 0. The summed E-state index contributed by atoms with van der Waals surface area (Å²) in [6.45, 7) is 0. The van der Waals surface area contributed by atoms with Gasteiger partial charge in [0.2, 0.25) is 0 Å². The van der Waals surface area contributed by atoms with E-state index in [-0.39, 0.29) is 11.5 Å². The molecular weight excluding hydrogens is 196 g/mol. The topological polar surface area (TPSA) is 73.0 Å². The molecule has 2 aliphatic rings. The average Bonchev–Trinajstić information content (AvgIpc) is 2.65. The third-order valence-electron chi connectivity index (χ3n) is 2.49. The molecule has 13 heavy (non-hydrogen) atoms. The second-order valence-corrected chi connectivity index (χ2v) is 5.61. The molecule has 6 heteroatoms. The van der Waals surface area contributed by atoms with Crippen LogP contribution >= 0.6 is 0 Å². The third kappa shape index (κ3) is 1.34. The number of rotatable bonds is 1. The molecule has 74 valence electrons. The quantitative estimate of drug-likeness (QED) is 0.411.